The lowest BCUT2D eigenvalue weighted by atomic mass is 9.99. The van der Waals surface area contributed by atoms with Gasteiger partial charge < -0.3 is 33.8 Å². The summed E-state index contributed by atoms with van der Waals surface area (Å²) in [7, 11) is -9.92. The Morgan fingerprint density at radius 3 is 0.717 bits per heavy atom. The molecule has 0 bridgehead atoms. The van der Waals surface area contributed by atoms with Gasteiger partial charge in [-0.3, -0.25) is 37.3 Å². The molecule has 17 nitrogen and oxygen atoms in total. The SMILES string of the molecule is CCC(C)CCCCCCCCCCCCCCCCCCCCC(=O)O[C@H](COC(=O)CCCCCCCCCCCCC(C)C)COP(=O)(O)OC[C@@H](O)COP(=O)(O)OC[C@@H](COC(=O)CCCCCCCCCCC(C)CC)OC(=O)CCCCCCCCCCC(C)CC. The topological polar surface area (TPSA) is 237 Å². The quantitative estimate of drug-likeness (QED) is 0.0222. The Bertz CT molecular complexity index is 1940. The van der Waals surface area contributed by atoms with Crippen molar-refractivity contribution in [2.45, 2.75) is 427 Å². The molecule has 5 unspecified atom stereocenters. The Morgan fingerprint density at radius 2 is 0.485 bits per heavy atom. The van der Waals surface area contributed by atoms with Crippen molar-refractivity contribution in [3.63, 3.8) is 0 Å². The molecule has 99 heavy (non-hydrogen) atoms. The lowest BCUT2D eigenvalue weighted by Crippen LogP contribution is -2.30. The number of aliphatic hydroxyl groups excluding tert-OH is 1. The molecule has 0 rings (SSSR count). The smallest absolute Gasteiger partial charge is 0.462 e. The largest absolute Gasteiger partial charge is 0.472 e. The molecule has 3 N–H and O–H groups in total. The highest BCUT2D eigenvalue weighted by atomic mass is 31.2. The van der Waals surface area contributed by atoms with E-state index in [0.717, 1.165) is 114 Å². The van der Waals surface area contributed by atoms with E-state index in [1.807, 2.05) is 0 Å². The van der Waals surface area contributed by atoms with Gasteiger partial charge in [0, 0.05) is 25.7 Å². The van der Waals surface area contributed by atoms with Crippen molar-refractivity contribution < 1.29 is 80.2 Å². The summed E-state index contributed by atoms with van der Waals surface area (Å²) in [6.45, 7) is 14.3. The fourth-order valence-corrected chi connectivity index (χ4v) is 13.7. The third-order valence-corrected chi connectivity index (χ3v) is 21.6. The van der Waals surface area contributed by atoms with Gasteiger partial charge >= 0.3 is 39.5 Å². The van der Waals surface area contributed by atoms with E-state index in [0.29, 0.717) is 25.7 Å². The first-order valence-corrected chi connectivity index (χ1v) is 44.3. The molecular weight excluding hydrogens is 1290 g/mol. The summed E-state index contributed by atoms with van der Waals surface area (Å²) in [5, 5.41) is 10.6. The third kappa shape index (κ3) is 70.2. The molecule has 8 atom stereocenters. The predicted molar refractivity (Wildman–Crippen MR) is 404 cm³/mol. The molecule has 0 fully saturated rings. The molecule has 0 heterocycles. The van der Waals surface area contributed by atoms with Crippen LogP contribution in [-0.2, 0) is 65.4 Å². The number of phosphoric acid groups is 2. The second-order valence-corrected chi connectivity index (χ2v) is 32.9. The molecule has 0 amide bonds. The minimum absolute atomic E-state index is 0.104. The first-order chi connectivity index (χ1) is 47.7. The highest BCUT2D eigenvalue weighted by Crippen LogP contribution is 2.45. The van der Waals surface area contributed by atoms with Crippen LogP contribution in [0.2, 0.25) is 0 Å². The Kier molecular flexibility index (Phi) is 67.8. The number of hydrogen-bond acceptors (Lipinski definition) is 15. The zero-order chi connectivity index (χ0) is 73.1. The van der Waals surface area contributed by atoms with Gasteiger partial charge in [-0.15, -0.1) is 0 Å². The molecule has 0 aliphatic carbocycles. The maximum absolute atomic E-state index is 13.1. The normalized spacial score (nSPS) is 14.9. The van der Waals surface area contributed by atoms with Gasteiger partial charge in [0.15, 0.2) is 12.2 Å². The molecule has 0 aromatic rings. The van der Waals surface area contributed by atoms with Gasteiger partial charge in [-0.25, -0.2) is 9.13 Å². The number of unbranched alkanes of at least 4 members (excludes halogenated alkanes) is 40. The lowest BCUT2D eigenvalue weighted by Gasteiger charge is -2.21. The Labute approximate surface area is 607 Å². The van der Waals surface area contributed by atoms with Crippen molar-refractivity contribution in [1.29, 1.82) is 0 Å². The summed E-state index contributed by atoms with van der Waals surface area (Å²) in [5.41, 5.74) is 0. The van der Waals surface area contributed by atoms with Crippen LogP contribution in [0.15, 0.2) is 0 Å². The number of esters is 4. The van der Waals surface area contributed by atoms with E-state index in [9.17, 15) is 43.2 Å². The van der Waals surface area contributed by atoms with E-state index in [4.69, 9.17) is 37.0 Å². The molecule has 0 aliphatic heterocycles. The number of carbonyl (C=O) groups is 4. The number of hydrogen-bond donors (Lipinski definition) is 3. The van der Waals surface area contributed by atoms with Crippen LogP contribution >= 0.6 is 15.6 Å². The van der Waals surface area contributed by atoms with Crippen molar-refractivity contribution in [1.82, 2.24) is 0 Å². The predicted octanol–water partition coefficient (Wildman–Crippen LogP) is 23.6. The highest BCUT2D eigenvalue weighted by molar-refractivity contribution is 7.47. The van der Waals surface area contributed by atoms with Gasteiger partial charge in [0.2, 0.25) is 0 Å². The number of rotatable bonds is 77. The molecule has 19 heteroatoms. The Hall–Kier alpha value is -1.94. The second kappa shape index (κ2) is 69.1. The molecule has 0 radical (unpaired) electrons. The molecule has 0 spiro atoms. The standard InChI is InChI=1S/C80H156O17P2/c1-9-71(6)57-49-41-33-25-20-18-16-14-12-13-15-17-19-21-27-38-46-54-62-79(84)96-75(66-90-77(82)60-52-44-36-26-23-22-24-32-40-48-56-70(4)5)68-94-98(86,87)92-64-74(81)65-93-99(88,89)95-69-76(97-80(85)63-55-47-39-31-29-35-43-51-59-73(8)11-3)67-91-78(83)61-53-45-37-30-28-34-42-50-58-72(7)10-2/h70-76,81H,9-69H2,1-8H3,(H,86,87)(H,88,89)/t71?,72?,73?,74-,75-,76-/m1/s1. The highest BCUT2D eigenvalue weighted by Gasteiger charge is 2.30. The van der Waals surface area contributed by atoms with Gasteiger partial charge in [0.05, 0.1) is 26.4 Å². The molecular formula is C80H156O17P2. The maximum Gasteiger partial charge on any atom is 0.472 e. The van der Waals surface area contributed by atoms with Crippen molar-refractivity contribution in [3.05, 3.63) is 0 Å². The average molecular weight is 1450 g/mol. The molecule has 588 valence electrons. The third-order valence-electron chi connectivity index (χ3n) is 19.7. The van der Waals surface area contributed by atoms with Crippen LogP contribution in [0, 0.1) is 23.7 Å². The van der Waals surface area contributed by atoms with Crippen LogP contribution in [0.5, 0.6) is 0 Å². The zero-order valence-electron chi connectivity index (χ0n) is 65.1. The van der Waals surface area contributed by atoms with Crippen LogP contribution in [-0.4, -0.2) is 96.7 Å². The van der Waals surface area contributed by atoms with E-state index in [2.05, 4.69) is 55.4 Å². The molecule has 0 saturated carbocycles. The Balaban J connectivity index is 5.22. The van der Waals surface area contributed by atoms with Gasteiger partial charge in [-0.05, 0) is 49.4 Å². The average Bonchev–Trinajstić information content (AvgIpc) is 1.11. The van der Waals surface area contributed by atoms with Crippen LogP contribution in [0.25, 0.3) is 0 Å². The molecule has 0 aromatic carbocycles. The van der Waals surface area contributed by atoms with Gasteiger partial charge in [-0.1, -0.05) is 357 Å². The van der Waals surface area contributed by atoms with Gasteiger partial charge in [0.1, 0.15) is 19.3 Å². The molecule has 0 aromatic heterocycles. The Morgan fingerprint density at radius 1 is 0.283 bits per heavy atom. The summed E-state index contributed by atoms with van der Waals surface area (Å²) in [6.07, 6.45) is 55.4. The molecule has 0 aliphatic rings. The van der Waals surface area contributed by atoms with Crippen LogP contribution < -0.4 is 0 Å². The number of phosphoric ester groups is 2. The summed E-state index contributed by atoms with van der Waals surface area (Å²) in [6, 6.07) is 0. The van der Waals surface area contributed by atoms with Gasteiger partial charge in [0.25, 0.3) is 0 Å². The van der Waals surface area contributed by atoms with E-state index >= 15 is 0 Å². The van der Waals surface area contributed by atoms with Crippen molar-refractivity contribution in [3.8, 4) is 0 Å². The van der Waals surface area contributed by atoms with Crippen molar-refractivity contribution >= 4 is 39.5 Å². The first kappa shape index (κ1) is 97.1. The van der Waals surface area contributed by atoms with E-state index in [1.54, 1.807) is 0 Å². The van der Waals surface area contributed by atoms with E-state index < -0.39 is 97.5 Å². The fraction of sp³-hybridized carbons (Fsp3) is 0.950. The summed E-state index contributed by atoms with van der Waals surface area (Å²) in [5.74, 6) is 1.06. The minimum atomic E-state index is -4.96. The fourth-order valence-electron chi connectivity index (χ4n) is 12.2. The number of carbonyl (C=O) groups excluding carboxylic acids is 4. The summed E-state index contributed by atoms with van der Waals surface area (Å²) >= 11 is 0. The van der Waals surface area contributed by atoms with Crippen LogP contribution in [0.4, 0.5) is 0 Å². The monoisotopic (exact) mass is 1450 g/mol. The second-order valence-electron chi connectivity index (χ2n) is 30.0. The summed E-state index contributed by atoms with van der Waals surface area (Å²) < 4.78 is 68.7. The van der Waals surface area contributed by atoms with E-state index in [-0.39, 0.29) is 25.7 Å². The van der Waals surface area contributed by atoms with E-state index in [1.165, 1.54) is 212 Å². The first-order valence-electron chi connectivity index (χ1n) is 41.3. The minimum Gasteiger partial charge on any atom is -0.462 e. The zero-order valence-corrected chi connectivity index (χ0v) is 66.9. The summed E-state index contributed by atoms with van der Waals surface area (Å²) in [4.78, 5) is 73.0. The van der Waals surface area contributed by atoms with Crippen LogP contribution in [0.1, 0.15) is 409 Å². The van der Waals surface area contributed by atoms with Crippen molar-refractivity contribution in [2.24, 2.45) is 23.7 Å². The van der Waals surface area contributed by atoms with Gasteiger partial charge in [-0.2, -0.15) is 0 Å². The lowest BCUT2D eigenvalue weighted by molar-refractivity contribution is -0.161. The van der Waals surface area contributed by atoms with Crippen LogP contribution in [0.3, 0.4) is 0 Å². The molecule has 0 saturated heterocycles. The maximum atomic E-state index is 13.1. The van der Waals surface area contributed by atoms with Crippen molar-refractivity contribution in [2.75, 3.05) is 39.6 Å². The number of aliphatic hydroxyl groups is 1. The number of ether oxygens (including phenoxy) is 4.